The van der Waals surface area contributed by atoms with Crippen LogP contribution < -0.4 is 0 Å². The Hall–Kier alpha value is -2.63. The number of allylic oxidation sites excluding steroid dienone is 2. The van der Waals surface area contributed by atoms with E-state index in [4.69, 9.17) is 0 Å². The highest BCUT2D eigenvalue weighted by molar-refractivity contribution is 5.87. The molecule has 0 bridgehead atoms. The Balaban J connectivity index is 2.30. The number of carboxylic acid groups (broad SMARTS) is 1. The van der Waals surface area contributed by atoms with Crippen molar-refractivity contribution in [1.82, 2.24) is 4.98 Å². The Morgan fingerprint density at radius 3 is 2.39 bits per heavy atom. The van der Waals surface area contributed by atoms with Crippen molar-refractivity contribution >= 4 is 11.5 Å². The van der Waals surface area contributed by atoms with Gasteiger partial charge in [0.05, 0.1) is 12.0 Å². The molecule has 0 aliphatic heterocycles. The van der Waals surface area contributed by atoms with Crippen molar-refractivity contribution in [3.8, 4) is 11.1 Å². The van der Waals surface area contributed by atoms with E-state index < -0.39 is 24.1 Å². The van der Waals surface area contributed by atoms with Crippen LogP contribution in [0.5, 0.6) is 0 Å². The van der Waals surface area contributed by atoms with Gasteiger partial charge in [-0.3, -0.25) is 9.78 Å². The van der Waals surface area contributed by atoms with Gasteiger partial charge < -0.3 is 5.11 Å². The zero-order chi connectivity index (χ0) is 20.5. The number of alkyl halides is 3. The fourth-order valence-corrected chi connectivity index (χ4v) is 3.69. The molecule has 2 aromatic rings. The minimum absolute atomic E-state index is 0.0783. The van der Waals surface area contributed by atoms with E-state index in [9.17, 15) is 23.1 Å². The summed E-state index contributed by atoms with van der Waals surface area (Å²) in [5.41, 5.74) is 1.55. The molecule has 0 unspecified atom stereocenters. The molecule has 1 aliphatic carbocycles. The lowest BCUT2D eigenvalue weighted by Crippen LogP contribution is -2.18. The number of rotatable bonds is 4. The number of aliphatic carboxylic acids is 1. The molecule has 1 aliphatic rings. The van der Waals surface area contributed by atoms with Crippen LogP contribution in [0.4, 0.5) is 13.2 Å². The average Bonchev–Trinajstić information content (AvgIpc) is 2.61. The van der Waals surface area contributed by atoms with Crippen LogP contribution in [0.1, 0.15) is 49.8 Å². The first-order valence-corrected chi connectivity index (χ1v) is 9.13. The standard InChI is InChI=1S/C22H22F3NO2/c1-21(2)9-5-15(6-10-21)20-16(14-7-11-26-12-8-14)3-4-18(22(23,24)25)17(20)13-19(27)28/h3-5,7-8,11-12H,6,9-10,13H2,1-2H3,(H,27,28). The molecule has 0 fully saturated rings. The number of hydrogen-bond donors (Lipinski definition) is 1. The van der Waals surface area contributed by atoms with Gasteiger partial charge in [-0.25, -0.2) is 0 Å². The number of nitrogens with zero attached hydrogens (tertiary/aromatic N) is 1. The summed E-state index contributed by atoms with van der Waals surface area (Å²) in [6, 6.07) is 5.89. The highest BCUT2D eigenvalue weighted by atomic mass is 19.4. The van der Waals surface area contributed by atoms with E-state index in [0.717, 1.165) is 30.0 Å². The molecule has 3 nitrogen and oxygen atoms in total. The van der Waals surface area contributed by atoms with Gasteiger partial charge >= 0.3 is 12.1 Å². The van der Waals surface area contributed by atoms with E-state index in [1.165, 1.54) is 6.07 Å². The first-order valence-electron chi connectivity index (χ1n) is 9.13. The molecule has 0 saturated heterocycles. The number of carbonyl (C=O) groups is 1. The van der Waals surface area contributed by atoms with Gasteiger partial charge in [-0.1, -0.05) is 26.0 Å². The lowest BCUT2D eigenvalue weighted by molar-refractivity contribution is -0.139. The molecule has 0 radical (unpaired) electrons. The number of carboxylic acids is 1. The van der Waals surface area contributed by atoms with Crippen LogP contribution in [0.25, 0.3) is 16.7 Å². The molecule has 28 heavy (non-hydrogen) atoms. The largest absolute Gasteiger partial charge is 0.481 e. The normalized spacial score (nSPS) is 16.5. The molecule has 6 heteroatoms. The van der Waals surface area contributed by atoms with Gasteiger partial charge in [-0.15, -0.1) is 0 Å². The maximum Gasteiger partial charge on any atom is 0.416 e. The molecule has 1 heterocycles. The third-order valence-electron chi connectivity index (χ3n) is 5.23. The number of halogens is 3. The molecule has 0 atom stereocenters. The quantitative estimate of drug-likeness (QED) is 0.699. The summed E-state index contributed by atoms with van der Waals surface area (Å²) in [5.74, 6) is -1.28. The Morgan fingerprint density at radius 2 is 1.86 bits per heavy atom. The topological polar surface area (TPSA) is 50.2 Å². The van der Waals surface area contributed by atoms with Gasteiger partial charge in [0.1, 0.15) is 0 Å². The molecule has 1 aromatic heterocycles. The van der Waals surface area contributed by atoms with Crippen molar-refractivity contribution in [3.05, 3.63) is 59.4 Å². The first kappa shape index (κ1) is 20.1. The van der Waals surface area contributed by atoms with Gasteiger partial charge in [-0.2, -0.15) is 13.2 Å². The SMILES string of the molecule is CC1(C)CC=C(c2c(-c3ccncc3)ccc(C(F)(F)F)c2CC(=O)O)CC1. The molecule has 1 N–H and O–H groups in total. The Morgan fingerprint density at radius 1 is 1.18 bits per heavy atom. The predicted octanol–water partition coefficient (Wildman–Crippen LogP) is 5.99. The van der Waals surface area contributed by atoms with Crippen LogP contribution in [0, 0.1) is 5.41 Å². The molecular weight excluding hydrogens is 367 g/mol. The van der Waals surface area contributed by atoms with Gasteiger partial charge in [-0.05, 0) is 70.7 Å². The number of hydrogen-bond acceptors (Lipinski definition) is 2. The van der Waals surface area contributed by atoms with Crippen LogP contribution in [0.2, 0.25) is 0 Å². The molecule has 0 spiro atoms. The van der Waals surface area contributed by atoms with Gasteiger partial charge in [0, 0.05) is 12.4 Å². The maximum atomic E-state index is 13.7. The monoisotopic (exact) mass is 389 g/mol. The Kier molecular flexibility index (Phi) is 5.33. The second kappa shape index (κ2) is 7.41. The summed E-state index contributed by atoms with van der Waals surface area (Å²) in [4.78, 5) is 15.4. The van der Waals surface area contributed by atoms with Gasteiger partial charge in [0.15, 0.2) is 0 Å². The van der Waals surface area contributed by atoms with E-state index in [0.29, 0.717) is 17.5 Å². The number of aromatic nitrogens is 1. The smallest absolute Gasteiger partial charge is 0.416 e. The lowest BCUT2D eigenvalue weighted by Gasteiger charge is -2.31. The summed E-state index contributed by atoms with van der Waals surface area (Å²) in [6.45, 7) is 4.24. The van der Waals surface area contributed by atoms with Crippen molar-refractivity contribution in [2.75, 3.05) is 0 Å². The van der Waals surface area contributed by atoms with E-state index in [1.54, 1.807) is 24.5 Å². The van der Waals surface area contributed by atoms with E-state index in [1.807, 2.05) is 6.08 Å². The fraction of sp³-hybridized carbons (Fsp3) is 0.364. The summed E-state index contributed by atoms with van der Waals surface area (Å²) in [6.07, 6.45) is 2.00. The molecule has 1 aromatic carbocycles. The van der Waals surface area contributed by atoms with Crippen LogP contribution in [-0.4, -0.2) is 16.1 Å². The molecule has 3 rings (SSSR count). The summed E-state index contributed by atoms with van der Waals surface area (Å²) < 4.78 is 41.0. The molecule has 0 amide bonds. The number of benzene rings is 1. The number of pyridine rings is 1. The van der Waals surface area contributed by atoms with Crippen molar-refractivity contribution < 1.29 is 23.1 Å². The van der Waals surface area contributed by atoms with Crippen molar-refractivity contribution in [2.45, 2.75) is 45.7 Å². The highest BCUT2D eigenvalue weighted by Gasteiger charge is 2.36. The van der Waals surface area contributed by atoms with Crippen molar-refractivity contribution in [1.29, 1.82) is 0 Å². The van der Waals surface area contributed by atoms with Crippen LogP contribution >= 0.6 is 0 Å². The van der Waals surface area contributed by atoms with Crippen LogP contribution in [0.3, 0.4) is 0 Å². The van der Waals surface area contributed by atoms with Gasteiger partial charge in [0.25, 0.3) is 0 Å². The lowest BCUT2D eigenvalue weighted by atomic mass is 9.74. The second-order valence-electron chi connectivity index (χ2n) is 7.92. The Labute approximate surface area is 161 Å². The average molecular weight is 389 g/mol. The predicted molar refractivity (Wildman–Crippen MR) is 102 cm³/mol. The van der Waals surface area contributed by atoms with Crippen molar-refractivity contribution in [3.63, 3.8) is 0 Å². The zero-order valence-corrected chi connectivity index (χ0v) is 15.8. The van der Waals surface area contributed by atoms with Gasteiger partial charge in [0.2, 0.25) is 0 Å². The second-order valence-corrected chi connectivity index (χ2v) is 7.92. The van der Waals surface area contributed by atoms with Crippen molar-refractivity contribution in [2.24, 2.45) is 5.41 Å². The summed E-state index contributed by atoms with van der Waals surface area (Å²) >= 11 is 0. The van der Waals surface area contributed by atoms with E-state index >= 15 is 0 Å². The summed E-state index contributed by atoms with van der Waals surface area (Å²) in [7, 11) is 0. The van der Waals surface area contributed by atoms with Crippen LogP contribution in [-0.2, 0) is 17.4 Å². The maximum absolute atomic E-state index is 13.7. The third kappa shape index (κ3) is 4.26. The zero-order valence-electron chi connectivity index (χ0n) is 15.8. The minimum atomic E-state index is -4.62. The molecule has 0 saturated carbocycles. The first-order chi connectivity index (χ1) is 13.1. The van der Waals surface area contributed by atoms with Crippen LogP contribution in [0.15, 0.2) is 42.7 Å². The highest BCUT2D eigenvalue weighted by Crippen LogP contribution is 2.45. The van der Waals surface area contributed by atoms with E-state index in [-0.39, 0.29) is 11.0 Å². The minimum Gasteiger partial charge on any atom is -0.481 e. The Bertz CT molecular complexity index is 915. The molecular formula is C22H22F3NO2. The summed E-state index contributed by atoms with van der Waals surface area (Å²) in [5, 5.41) is 9.33. The van der Waals surface area contributed by atoms with E-state index in [2.05, 4.69) is 18.8 Å². The molecule has 148 valence electrons. The fourth-order valence-electron chi connectivity index (χ4n) is 3.69. The third-order valence-corrected chi connectivity index (χ3v) is 5.23.